The third-order valence-corrected chi connectivity index (χ3v) is 4.74. The number of nitrogens with zero attached hydrogens (tertiary/aromatic N) is 2. The molecule has 0 aliphatic heterocycles. The molecule has 2 rings (SSSR count). The summed E-state index contributed by atoms with van der Waals surface area (Å²) in [5, 5.41) is 10.4. The van der Waals surface area contributed by atoms with Crippen molar-refractivity contribution in [3.63, 3.8) is 0 Å². The molecule has 0 spiro atoms. The Morgan fingerprint density at radius 1 is 1.25 bits per heavy atom. The van der Waals surface area contributed by atoms with Gasteiger partial charge in [-0.3, -0.25) is 5.10 Å². The van der Waals surface area contributed by atoms with Gasteiger partial charge in [0.05, 0.1) is 0 Å². The Morgan fingerprint density at radius 2 is 2.00 bits per heavy atom. The lowest BCUT2D eigenvalue weighted by Gasteiger charge is -2.37. The van der Waals surface area contributed by atoms with Gasteiger partial charge in [-0.25, -0.2) is 4.98 Å². The highest BCUT2D eigenvalue weighted by Crippen LogP contribution is 2.39. The topological polar surface area (TPSA) is 53.6 Å². The van der Waals surface area contributed by atoms with Crippen LogP contribution in [0.15, 0.2) is 6.33 Å². The van der Waals surface area contributed by atoms with Crippen molar-refractivity contribution in [2.45, 2.75) is 59.3 Å². The number of aromatic amines is 1. The molecule has 2 N–H and O–H groups in total. The summed E-state index contributed by atoms with van der Waals surface area (Å²) in [5.74, 6) is 2.81. The number of hydrogen-bond acceptors (Lipinski definition) is 3. The van der Waals surface area contributed by atoms with Crippen LogP contribution < -0.4 is 5.32 Å². The maximum absolute atomic E-state index is 4.14. The van der Waals surface area contributed by atoms with Crippen LogP contribution in [0.3, 0.4) is 0 Å². The Bertz CT molecular complexity index is 358. The minimum absolute atomic E-state index is 0.496. The number of H-pyrrole nitrogens is 1. The van der Waals surface area contributed by atoms with Crippen molar-refractivity contribution in [3.8, 4) is 0 Å². The molecule has 114 valence electrons. The number of aromatic nitrogens is 3. The first kappa shape index (κ1) is 15.5. The van der Waals surface area contributed by atoms with E-state index in [2.05, 4.69) is 41.3 Å². The monoisotopic (exact) mass is 278 g/mol. The van der Waals surface area contributed by atoms with Crippen molar-refractivity contribution >= 4 is 0 Å². The van der Waals surface area contributed by atoms with Crippen LogP contribution in [-0.2, 0) is 6.42 Å². The molecular formula is C16H30N4. The highest BCUT2D eigenvalue weighted by Gasteiger charge is 2.29. The smallest absolute Gasteiger partial charge is 0.137 e. The molecule has 4 heteroatoms. The number of rotatable bonds is 6. The van der Waals surface area contributed by atoms with Crippen LogP contribution in [0.2, 0.25) is 0 Å². The lowest BCUT2D eigenvalue weighted by molar-refractivity contribution is 0.149. The summed E-state index contributed by atoms with van der Waals surface area (Å²) in [7, 11) is 0. The van der Waals surface area contributed by atoms with Gasteiger partial charge < -0.3 is 5.32 Å². The standard InChI is InChI=1S/C16H30N4/c1-16(2,3)14-8-6-13(7-9-14)11-17-10-4-5-15-18-12-19-20-15/h12-14,17H,4-11H2,1-3H3,(H,18,19,20). The molecule has 0 saturated heterocycles. The minimum Gasteiger partial charge on any atom is -0.316 e. The van der Waals surface area contributed by atoms with Crippen LogP contribution >= 0.6 is 0 Å². The molecule has 1 aromatic heterocycles. The first-order valence-electron chi connectivity index (χ1n) is 8.10. The summed E-state index contributed by atoms with van der Waals surface area (Å²) >= 11 is 0. The van der Waals surface area contributed by atoms with Gasteiger partial charge in [0.1, 0.15) is 12.2 Å². The Balaban J connectivity index is 1.53. The lowest BCUT2D eigenvalue weighted by Crippen LogP contribution is -2.31. The van der Waals surface area contributed by atoms with Crippen LogP contribution in [0.4, 0.5) is 0 Å². The van der Waals surface area contributed by atoms with E-state index in [-0.39, 0.29) is 0 Å². The fraction of sp³-hybridized carbons (Fsp3) is 0.875. The van der Waals surface area contributed by atoms with E-state index in [1.807, 2.05) is 0 Å². The molecule has 1 saturated carbocycles. The van der Waals surface area contributed by atoms with E-state index in [9.17, 15) is 0 Å². The molecule has 1 heterocycles. The van der Waals surface area contributed by atoms with Gasteiger partial charge in [0, 0.05) is 6.42 Å². The summed E-state index contributed by atoms with van der Waals surface area (Å²) in [6.45, 7) is 9.44. The number of nitrogens with one attached hydrogen (secondary N) is 2. The zero-order valence-electron chi connectivity index (χ0n) is 13.3. The van der Waals surface area contributed by atoms with Crippen LogP contribution in [0, 0.1) is 17.3 Å². The van der Waals surface area contributed by atoms with Gasteiger partial charge in [-0.15, -0.1) is 0 Å². The van der Waals surface area contributed by atoms with Crippen molar-refractivity contribution in [2.75, 3.05) is 13.1 Å². The molecule has 4 nitrogen and oxygen atoms in total. The van der Waals surface area contributed by atoms with Gasteiger partial charge in [-0.05, 0) is 62.4 Å². The van der Waals surface area contributed by atoms with E-state index < -0.39 is 0 Å². The van der Waals surface area contributed by atoms with Gasteiger partial charge in [0.15, 0.2) is 0 Å². The van der Waals surface area contributed by atoms with Crippen molar-refractivity contribution in [3.05, 3.63) is 12.2 Å². The predicted octanol–water partition coefficient (Wildman–Crippen LogP) is 3.18. The zero-order chi connectivity index (χ0) is 14.4. The fourth-order valence-corrected chi connectivity index (χ4v) is 3.27. The molecule has 1 aromatic rings. The number of aryl methyl sites for hydroxylation is 1. The van der Waals surface area contributed by atoms with Gasteiger partial charge in [0.25, 0.3) is 0 Å². The second kappa shape index (κ2) is 7.21. The molecular weight excluding hydrogens is 248 g/mol. The van der Waals surface area contributed by atoms with E-state index in [1.54, 1.807) is 6.33 Å². The summed E-state index contributed by atoms with van der Waals surface area (Å²) < 4.78 is 0. The third-order valence-electron chi connectivity index (χ3n) is 4.74. The third kappa shape index (κ3) is 4.89. The van der Waals surface area contributed by atoms with E-state index in [0.29, 0.717) is 5.41 Å². The maximum Gasteiger partial charge on any atom is 0.137 e. The Morgan fingerprint density at radius 3 is 2.60 bits per heavy atom. The molecule has 20 heavy (non-hydrogen) atoms. The minimum atomic E-state index is 0.496. The molecule has 1 aliphatic carbocycles. The summed E-state index contributed by atoms with van der Waals surface area (Å²) in [5.41, 5.74) is 0.496. The molecule has 0 atom stereocenters. The van der Waals surface area contributed by atoms with Crippen LogP contribution in [0.25, 0.3) is 0 Å². The average molecular weight is 278 g/mol. The Labute approximate surface area is 123 Å². The van der Waals surface area contributed by atoms with Crippen molar-refractivity contribution in [1.29, 1.82) is 0 Å². The Kier molecular flexibility index (Phi) is 5.58. The maximum atomic E-state index is 4.14. The molecule has 0 radical (unpaired) electrons. The largest absolute Gasteiger partial charge is 0.316 e. The van der Waals surface area contributed by atoms with Crippen molar-refractivity contribution in [1.82, 2.24) is 20.5 Å². The van der Waals surface area contributed by atoms with E-state index in [1.165, 1.54) is 32.2 Å². The lowest BCUT2D eigenvalue weighted by atomic mass is 9.70. The summed E-state index contributed by atoms with van der Waals surface area (Å²) in [6, 6.07) is 0. The first-order valence-corrected chi connectivity index (χ1v) is 8.10. The SMILES string of the molecule is CC(C)(C)C1CCC(CNCCCc2ncn[nH]2)CC1. The van der Waals surface area contributed by atoms with Crippen LogP contribution in [0.5, 0.6) is 0 Å². The van der Waals surface area contributed by atoms with Gasteiger partial charge in [0.2, 0.25) is 0 Å². The summed E-state index contributed by atoms with van der Waals surface area (Å²) in [4.78, 5) is 4.14. The fourth-order valence-electron chi connectivity index (χ4n) is 3.27. The van der Waals surface area contributed by atoms with E-state index in [0.717, 1.165) is 37.0 Å². The van der Waals surface area contributed by atoms with Crippen molar-refractivity contribution in [2.24, 2.45) is 17.3 Å². The normalized spacial score (nSPS) is 23.9. The molecule has 1 fully saturated rings. The highest BCUT2D eigenvalue weighted by molar-refractivity contribution is 4.82. The molecule has 0 amide bonds. The highest BCUT2D eigenvalue weighted by atomic mass is 15.2. The number of hydrogen-bond donors (Lipinski definition) is 2. The molecule has 0 unspecified atom stereocenters. The van der Waals surface area contributed by atoms with Gasteiger partial charge >= 0.3 is 0 Å². The van der Waals surface area contributed by atoms with Crippen LogP contribution in [0.1, 0.15) is 58.7 Å². The average Bonchev–Trinajstić information content (AvgIpc) is 2.91. The zero-order valence-corrected chi connectivity index (χ0v) is 13.3. The Hall–Kier alpha value is -0.900. The molecule has 0 aromatic carbocycles. The van der Waals surface area contributed by atoms with Gasteiger partial charge in [-0.2, -0.15) is 5.10 Å². The van der Waals surface area contributed by atoms with Gasteiger partial charge in [-0.1, -0.05) is 20.8 Å². The second-order valence-electron chi connectivity index (χ2n) is 7.32. The van der Waals surface area contributed by atoms with E-state index in [4.69, 9.17) is 0 Å². The molecule has 0 bridgehead atoms. The first-order chi connectivity index (χ1) is 9.55. The second-order valence-corrected chi connectivity index (χ2v) is 7.32. The van der Waals surface area contributed by atoms with E-state index >= 15 is 0 Å². The van der Waals surface area contributed by atoms with Crippen LogP contribution in [-0.4, -0.2) is 28.3 Å². The summed E-state index contributed by atoms with van der Waals surface area (Å²) in [6.07, 6.45) is 9.32. The predicted molar refractivity (Wildman–Crippen MR) is 82.5 cm³/mol. The molecule has 1 aliphatic rings. The van der Waals surface area contributed by atoms with Crippen molar-refractivity contribution < 1.29 is 0 Å². The quantitative estimate of drug-likeness (QED) is 0.786.